The van der Waals surface area contributed by atoms with Crippen molar-refractivity contribution in [2.24, 2.45) is 20.0 Å². The van der Waals surface area contributed by atoms with Crippen molar-refractivity contribution >= 4 is 24.9 Å². The van der Waals surface area contributed by atoms with E-state index in [9.17, 15) is 0 Å². The fourth-order valence-electron chi connectivity index (χ4n) is 3.13. The summed E-state index contributed by atoms with van der Waals surface area (Å²) in [6.45, 7) is 6.92. The molecular formula is C28H36N4O4. The molecule has 4 aliphatic heterocycles. The van der Waals surface area contributed by atoms with Crippen LogP contribution in [-0.2, 0) is 18.9 Å². The summed E-state index contributed by atoms with van der Waals surface area (Å²) in [5.74, 6) is 0. The zero-order chi connectivity index (χ0) is 24.9. The molecule has 192 valence electrons. The summed E-state index contributed by atoms with van der Waals surface area (Å²) in [5.41, 5.74) is 4.19. The average Bonchev–Trinajstić information content (AvgIpc) is 2.91. The molecule has 4 aliphatic rings. The molecule has 0 saturated carbocycles. The molecule has 36 heavy (non-hydrogen) atoms. The third-order valence-electron chi connectivity index (χ3n) is 5.04. The number of ether oxygens (including phenoxy) is 4. The minimum Gasteiger partial charge on any atom is -0.377 e. The summed E-state index contributed by atoms with van der Waals surface area (Å²) in [6.07, 6.45) is 7.43. The lowest BCUT2D eigenvalue weighted by Crippen LogP contribution is -2.09. The van der Waals surface area contributed by atoms with Crippen molar-refractivity contribution in [3.05, 3.63) is 70.8 Å². The Hall–Kier alpha value is -3.04. The first-order valence-electron chi connectivity index (χ1n) is 12.4. The quantitative estimate of drug-likeness (QED) is 0.565. The SMILES string of the molecule is C1=NCCOCCOCCN=Cc2ccc(cc2)C=NCCOCCOCCN=Cc2ccc1cc2. The van der Waals surface area contributed by atoms with Gasteiger partial charge in [0.1, 0.15) is 0 Å². The van der Waals surface area contributed by atoms with Gasteiger partial charge >= 0.3 is 0 Å². The first-order chi connectivity index (χ1) is 17.9. The monoisotopic (exact) mass is 492 g/mol. The van der Waals surface area contributed by atoms with Gasteiger partial charge in [-0.1, -0.05) is 48.5 Å². The maximum absolute atomic E-state index is 5.57. The van der Waals surface area contributed by atoms with Crippen LogP contribution in [0.2, 0.25) is 0 Å². The van der Waals surface area contributed by atoms with Crippen LogP contribution in [0, 0.1) is 0 Å². The first kappa shape index (κ1) is 27.5. The lowest BCUT2D eigenvalue weighted by molar-refractivity contribution is 0.0541. The third-order valence-corrected chi connectivity index (χ3v) is 5.04. The van der Waals surface area contributed by atoms with Crippen molar-refractivity contribution < 1.29 is 18.9 Å². The molecule has 4 heterocycles. The van der Waals surface area contributed by atoms with Crippen molar-refractivity contribution in [1.29, 1.82) is 0 Å². The lowest BCUT2D eigenvalue weighted by atomic mass is 10.1. The number of hydrogen-bond acceptors (Lipinski definition) is 8. The fraction of sp³-hybridized carbons (Fsp3) is 0.429. The van der Waals surface area contributed by atoms with E-state index >= 15 is 0 Å². The Balaban J connectivity index is 1.43. The van der Waals surface area contributed by atoms with E-state index in [1.165, 1.54) is 0 Å². The minimum atomic E-state index is 0.549. The van der Waals surface area contributed by atoms with Gasteiger partial charge in [0.05, 0.1) is 79.0 Å². The van der Waals surface area contributed by atoms with Crippen LogP contribution < -0.4 is 0 Å². The second-order valence-electron chi connectivity index (χ2n) is 7.92. The molecule has 0 aromatic heterocycles. The third kappa shape index (κ3) is 12.6. The van der Waals surface area contributed by atoms with Crippen LogP contribution in [0.25, 0.3) is 0 Å². The molecule has 0 fully saturated rings. The minimum absolute atomic E-state index is 0.549. The van der Waals surface area contributed by atoms with E-state index < -0.39 is 0 Å². The maximum Gasteiger partial charge on any atom is 0.0701 e. The van der Waals surface area contributed by atoms with E-state index in [0.29, 0.717) is 79.0 Å². The van der Waals surface area contributed by atoms with Gasteiger partial charge in [0, 0.05) is 24.9 Å². The topological polar surface area (TPSA) is 86.4 Å². The van der Waals surface area contributed by atoms with Crippen molar-refractivity contribution in [3.63, 3.8) is 0 Å². The second kappa shape index (κ2) is 18.3. The van der Waals surface area contributed by atoms with E-state index in [-0.39, 0.29) is 0 Å². The molecule has 0 saturated heterocycles. The molecular weight excluding hydrogens is 456 g/mol. The van der Waals surface area contributed by atoms with Gasteiger partial charge in [-0.25, -0.2) is 0 Å². The molecule has 0 radical (unpaired) electrons. The van der Waals surface area contributed by atoms with Crippen LogP contribution in [0.15, 0.2) is 68.5 Å². The van der Waals surface area contributed by atoms with Gasteiger partial charge in [-0.15, -0.1) is 0 Å². The molecule has 0 aliphatic carbocycles. The Morgan fingerprint density at radius 2 is 0.556 bits per heavy atom. The molecule has 2 aromatic rings. The van der Waals surface area contributed by atoms with Crippen molar-refractivity contribution in [2.75, 3.05) is 79.0 Å². The zero-order valence-electron chi connectivity index (χ0n) is 20.8. The van der Waals surface area contributed by atoms with E-state index in [0.717, 1.165) is 22.3 Å². The van der Waals surface area contributed by atoms with Crippen LogP contribution in [0.4, 0.5) is 0 Å². The van der Waals surface area contributed by atoms with Gasteiger partial charge in [0.25, 0.3) is 0 Å². The largest absolute Gasteiger partial charge is 0.377 e. The summed E-state index contributed by atoms with van der Waals surface area (Å²) < 4.78 is 22.3. The standard InChI is InChI=1S/C28H36N4O4/c1-2-26-4-3-25(1)21-29-9-13-33-17-18-35-15-11-31-23-27-5-7-28(8-6-27)24-32-12-16-36-20-19-34-14-10-30-22-26/h1-8,21-24H,9-20H2. The van der Waals surface area contributed by atoms with Gasteiger partial charge in [-0.05, 0) is 22.3 Å². The number of nitrogens with zero attached hydrogens (tertiary/aromatic N) is 4. The lowest BCUT2D eigenvalue weighted by Gasteiger charge is -2.04. The van der Waals surface area contributed by atoms with E-state index in [2.05, 4.69) is 20.0 Å². The highest BCUT2D eigenvalue weighted by Crippen LogP contribution is 2.01. The summed E-state index contributed by atoms with van der Waals surface area (Å²) in [4.78, 5) is 17.6. The summed E-state index contributed by atoms with van der Waals surface area (Å²) >= 11 is 0. The number of rotatable bonds is 0. The Bertz CT molecular complexity index is 799. The summed E-state index contributed by atoms with van der Waals surface area (Å²) in [7, 11) is 0. The van der Waals surface area contributed by atoms with Gasteiger partial charge in [0.2, 0.25) is 0 Å². The van der Waals surface area contributed by atoms with E-state index in [1.807, 2.05) is 73.4 Å². The predicted molar refractivity (Wildman–Crippen MR) is 146 cm³/mol. The van der Waals surface area contributed by atoms with E-state index in [1.54, 1.807) is 0 Å². The van der Waals surface area contributed by atoms with Crippen LogP contribution in [0.5, 0.6) is 0 Å². The Kier molecular flexibility index (Phi) is 14.0. The molecule has 0 spiro atoms. The number of hydrogen-bond donors (Lipinski definition) is 0. The van der Waals surface area contributed by atoms with E-state index in [4.69, 9.17) is 18.9 Å². The Morgan fingerprint density at radius 1 is 0.333 bits per heavy atom. The van der Waals surface area contributed by atoms with Crippen molar-refractivity contribution in [1.82, 2.24) is 0 Å². The van der Waals surface area contributed by atoms with Gasteiger partial charge in [-0.2, -0.15) is 0 Å². The molecule has 0 amide bonds. The summed E-state index contributed by atoms with van der Waals surface area (Å²) in [6, 6.07) is 16.2. The Labute approximate surface area is 213 Å². The van der Waals surface area contributed by atoms with Crippen LogP contribution in [0.3, 0.4) is 0 Å². The normalized spacial score (nSPS) is 18.0. The molecule has 0 unspecified atom stereocenters. The van der Waals surface area contributed by atoms with Crippen LogP contribution in [-0.4, -0.2) is 104 Å². The zero-order valence-corrected chi connectivity index (χ0v) is 20.8. The smallest absolute Gasteiger partial charge is 0.0701 e. The molecule has 4 bridgehead atoms. The fourth-order valence-corrected chi connectivity index (χ4v) is 3.13. The maximum atomic E-state index is 5.57. The molecule has 2 aromatic carbocycles. The first-order valence-corrected chi connectivity index (χ1v) is 12.4. The van der Waals surface area contributed by atoms with Crippen LogP contribution in [0.1, 0.15) is 22.3 Å². The number of benzene rings is 2. The highest BCUT2D eigenvalue weighted by Gasteiger charge is 1.94. The Morgan fingerprint density at radius 3 is 0.778 bits per heavy atom. The molecule has 8 nitrogen and oxygen atoms in total. The molecule has 0 N–H and O–H groups in total. The van der Waals surface area contributed by atoms with Crippen molar-refractivity contribution in [2.45, 2.75) is 0 Å². The molecule has 0 atom stereocenters. The predicted octanol–water partition coefficient (Wildman–Crippen LogP) is 3.14. The van der Waals surface area contributed by atoms with Crippen LogP contribution >= 0.6 is 0 Å². The van der Waals surface area contributed by atoms with Gasteiger partial charge in [-0.3, -0.25) is 20.0 Å². The molecule has 6 rings (SSSR count). The van der Waals surface area contributed by atoms with Crippen molar-refractivity contribution in [3.8, 4) is 0 Å². The average molecular weight is 493 g/mol. The van der Waals surface area contributed by atoms with Gasteiger partial charge in [0.15, 0.2) is 0 Å². The van der Waals surface area contributed by atoms with Gasteiger partial charge < -0.3 is 18.9 Å². The molecule has 8 heteroatoms. The highest BCUT2D eigenvalue weighted by molar-refractivity contribution is 5.84. The number of aliphatic imine (C=N–C) groups is 4. The second-order valence-corrected chi connectivity index (χ2v) is 7.92. The summed E-state index contributed by atoms with van der Waals surface area (Å²) in [5, 5.41) is 0. The highest BCUT2D eigenvalue weighted by atomic mass is 16.5.